The van der Waals surface area contributed by atoms with E-state index in [1.165, 1.54) is 12.1 Å². The molecule has 6 heteroatoms. The van der Waals surface area contributed by atoms with Crippen LogP contribution in [0.15, 0.2) is 45.3 Å². The summed E-state index contributed by atoms with van der Waals surface area (Å²) in [6.07, 6.45) is 0.375. The molecule has 20 heavy (non-hydrogen) atoms. The molecule has 0 amide bonds. The molecule has 1 atom stereocenters. The Morgan fingerprint density at radius 3 is 2.55 bits per heavy atom. The molecule has 106 valence electrons. The van der Waals surface area contributed by atoms with Gasteiger partial charge in [0.05, 0.1) is 10.5 Å². The van der Waals surface area contributed by atoms with Crippen LogP contribution in [0.25, 0.3) is 0 Å². The van der Waals surface area contributed by atoms with E-state index in [0.717, 1.165) is 10.0 Å². The van der Waals surface area contributed by atoms with Gasteiger partial charge in [0.25, 0.3) is 0 Å². The topological polar surface area (TPSA) is 38.0 Å². The number of halogens is 4. The number of hydrogen-bond acceptors (Lipinski definition) is 2. The average molecular weight is 406 g/mol. The number of nitrogens with one attached hydrogen (secondary N) is 1. The standard InChI is InChI=1S/C14H12Br2F2N2/c15-9-3-1-2-8(6-9)7-12(20-19)13-11(17)5-4-10(16)14(13)18/h1-6,12,20H,7,19H2. The minimum absolute atomic E-state index is 0.0677. The Morgan fingerprint density at radius 1 is 1.15 bits per heavy atom. The maximum absolute atomic E-state index is 14.1. The fourth-order valence-electron chi connectivity index (χ4n) is 2.01. The van der Waals surface area contributed by atoms with Crippen molar-refractivity contribution in [3.05, 3.63) is 68.1 Å². The summed E-state index contributed by atoms with van der Waals surface area (Å²) in [6, 6.07) is 9.41. The molecule has 0 heterocycles. The molecular weight excluding hydrogens is 394 g/mol. The molecule has 0 aliphatic carbocycles. The van der Waals surface area contributed by atoms with Gasteiger partial charge >= 0.3 is 0 Å². The van der Waals surface area contributed by atoms with Gasteiger partial charge in [-0.25, -0.2) is 8.78 Å². The minimum Gasteiger partial charge on any atom is -0.271 e. The molecule has 0 fully saturated rings. The van der Waals surface area contributed by atoms with Gasteiger partial charge in [0.2, 0.25) is 0 Å². The largest absolute Gasteiger partial charge is 0.271 e. The fourth-order valence-corrected chi connectivity index (χ4v) is 2.80. The molecule has 0 aromatic heterocycles. The maximum atomic E-state index is 14.1. The third kappa shape index (κ3) is 3.44. The first kappa shape index (κ1) is 15.6. The van der Waals surface area contributed by atoms with Crippen LogP contribution in [-0.2, 0) is 6.42 Å². The minimum atomic E-state index is -0.651. The van der Waals surface area contributed by atoms with E-state index in [4.69, 9.17) is 5.84 Å². The highest BCUT2D eigenvalue weighted by Gasteiger charge is 2.21. The molecule has 1 unspecified atom stereocenters. The van der Waals surface area contributed by atoms with E-state index >= 15 is 0 Å². The van der Waals surface area contributed by atoms with E-state index < -0.39 is 17.7 Å². The van der Waals surface area contributed by atoms with Gasteiger partial charge < -0.3 is 0 Å². The van der Waals surface area contributed by atoms with E-state index in [2.05, 4.69) is 37.3 Å². The van der Waals surface area contributed by atoms with E-state index in [-0.39, 0.29) is 10.0 Å². The molecule has 2 aromatic rings. The first-order valence-corrected chi connectivity index (χ1v) is 7.45. The summed E-state index contributed by atoms with van der Waals surface area (Å²) < 4.78 is 29.1. The van der Waals surface area contributed by atoms with Crippen LogP contribution in [0.2, 0.25) is 0 Å². The van der Waals surface area contributed by atoms with Gasteiger partial charge in [-0.1, -0.05) is 28.1 Å². The lowest BCUT2D eigenvalue weighted by Crippen LogP contribution is -2.31. The second kappa shape index (κ2) is 6.76. The third-order valence-corrected chi connectivity index (χ3v) is 4.06. The van der Waals surface area contributed by atoms with Crippen LogP contribution >= 0.6 is 31.9 Å². The summed E-state index contributed by atoms with van der Waals surface area (Å²) in [6.45, 7) is 0. The number of rotatable bonds is 4. The zero-order valence-corrected chi connectivity index (χ0v) is 13.5. The second-order valence-corrected chi connectivity index (χ2v) is 6.08. The van der Waals surface area contributed by atoms with E-state index in [1.54, 1.807) is 0 Å². The van der Waals surface area contributed by atoms with Gasteiger partial charge in [-0.15, -0.1) is 0 Å². The Hall–Kier alpha value is -0.820. The Balaban J connectivity index is 2.36. The summed E-state index contributed by atoms with van der Waals surface area (Å²) >= 11 is 6.42. The predicted molar refractivity (Wildman–Crippen MR) is 82.0 cm³/mol. The van der Waals surface area contributed by atoms with Gasteiger partial charge in [-0.2, -0.15) is 0 Å². The fraction of sp³-hybridized carbons (Fsp3) is 0.143. The van der Waals surface area contributed by atoms with Crippen LogP contribution in [0.3, 0.4) is 0 Å². The molecule has 2 aromatic carbocycles. The van der Waals surface area contributed by atoms with Crippen LogP contribution in [-0.4, -0.2) is 0 Å². The van der Waals surface area contributed by atoms with Crippen LogP contribution in [0.4, 0.5) is 8.78 Å². The lowest BCUT2D eigenvalue weighted by atomic mass is 9.98. The summed E-state index contributed by atoms with van der Waals surface area (Å²) in [4.78, 5) is 0. The van der Waals surface area contributed by atoms with Gasteiger partial charge in [-0.05, 0) is 52.2 Å². The molecule has 2 rings (SSSR count). The van der Waals surface area contributed by atoms with Crippen molar-refractivity contribution in [1.82, 2.24) is 5.43 Å². The van der Waals surface area contributed by atoms with Crippen molar-refractivity contribution < 1.29 is 8.78 Å². The van der Waals surface area contributed by atoms with Gasteiger partial charge in [0.15, 0.2) is 0 Å². The molecule has 0 spiro atoms. The second-order valence-electron chi connectivity index (χ2n) is 4.31. The molecule has 0 saturated heterocycles. The number of benzene rings is 2. The molecule has 0 radical (unpaired) electrons. The van der Waals surface area contributed by atoms with Crippen molar-refractivity contribution in [3.63, 3.8) is 0 Å². The maximum Gasteiger partial charge on any atom is 0.145 e. The van der Waals surface area contributed by atoms with Crippen LogP contribution in [0.1, 0.15) is 17.2 Å². The van der Waals surface area contributed by atoms with Gasteiger partial charge in [0, 0.05) is 10.0 Å². The smallest absolute Gasteiger partial charge is 0.145 e. The lowest BCUT2D eigenvalue weighted by molar-refractivity contribution is 0.470. The van der Waals surface area contributed by atoms with Crippen molar-refractivity contribution in [2.75, 3.05) is 0 Å². The zero-order valence-electron chi connectivity index (χ0n) is 10.3. The number of hydrogen-bond donors (Lipinski definition) is 2. The quantitative estimate of drug-likeness (QED) is 0.453. The average Bonchev–Trinajstić information content (AvgIpc) is 2.42. The normalized spacial score (nSPS) is 12.4. The molecule has 3 N–H and O–H groups in total. The SMILES string of the molecule is NNC(Cc1cccc(Br)c1)c1c(F)ccc(Br)c1F. The molecule has 2 nitrogen and oxygen atoms in total. The van der Waals surface area contributed by atoms with Crippen molar-refractivity contribution in [1.29, 1.82) is 0 Å². The Bertz CT molecular complexity index is 620. The van der Waals surface area contributed by atoms with E-state index in [0.29, 0.717) is 6.42 Å². The Kier molecular flexibility index (Phi) is 5.26. The third-order valence-electron chi connectivity index (χ3n) is 2.96. The van der Waals surface area contributed by atoms with Gasteiger partial charge in [-0.3, -0.25) is 11.3 Å². The highest BCUT2D eigenvalue weighted by Crippen LogP contribution is 2.28. The van der Waals surface area contributed by atoms with Crippen molar-refractivity contribution in [2.45, 2.75) is 12.5 Å². The molecule has 0 aliphatic heterocycles. The van der Waals surface area contributed by atoms with Crippen LogP contribution < -0.4 is 11.3 Å². The first-order chi connectivity index (χ1) is 9.52. The van der Waals surface area contributed by atoms with E-state index in [1.807, 2.05) is 24.3 Å². The van der Waals surface area contributed by atoms with Crippen molar-refractivity contribution >= 4 is 31.9 Å². The van der Waals surface area contributed by atoms with Gasteiger partial charge in [0.1, 0.15) is 11.6 Å². The highest BCUT2D eigenvalue weighted by molar-refractivity contribution is 9.10. The van der Waals surface area contributed by atoms with Crippen molar-refractivity contribution in [3.8, 4) is 0 Å². The molecule has 0 saturated carbocycles. The molecule has 0 bridgehead atoms. The number of hydrazine groups is 1. The van der Waals surface area contributed by atoms with Crippen LogP contribution in [0.5, 0.6) is 0 Å². The zero-order chi connectivity index (χ0) is 14.7. The number of nitrogens with two attached hydrogens (primary N) is 1. The highest BCUT2D eigenvalue weighted by atomic mass is 79.9. The molecule has 0 aliphatic rings. The monoisotopic (exact) mass is 404 g/mol. The summed E-state index contributed by atoms with van der Waals surface area (Å²) in [5.74, 6) is 4.21. The first-order valence-electron chi connectivity index (χ1n) is 5.87. The summed E-state index contributed by atoms with van der Waals surface area (Å²) in [5.41, 5.74) is 3.33. The summed E-state index contributed by atoms with van der Waals surface area (Å²) in [5, 5.41) is 0. The Morgan fingerprint density at radius 2 is 1.90 bits per heavy atom. The lowest BCUT2D eigenvalue weighted by Gasteiger charge is -2.18. The predicted octanol–water partition coefficient (Wildman–Crippen LogP) is 4.24. The summed E-state index contributed by atoms with van der Waals surface area (Å²) in [7, 11) is 0. The van der Waals surface area contributed by atoms with E-state index in [9.17, 15) is 8.78 Å². The van der Waals surface area contributed by atoms with Crippen LogP contribution in [0, 0.1) is 11.6 Å². The van der Waals surface area contributed by atoms with Crippen molar-refractivity contribution in [2.24, 2.45) is 5.84 Å². The molecular formula is C14H12Br2F2N2. The Labute approximate surface area is 132 Å².